The fraction of sp³-hybridized carbons (Fsp3) is 0.429. The number of piperazine rings is 1. The molecule has 0 aromatic heterocycles. The lowest BCUT2D eigenvalue weighted by Crippen LogP contribution is -2.50. The molecule has 0 radical (unpaired) electrons. The molecule has 1 aliphatic heterocycles. The zero-order valence-corrected chi connectivity index (χ0v) is 13.6. The Labute approximate surface area is 134 Å². The van der Waals surface area contributed by atoms with E-state index in [1.165, 1.54) is 4.31 Å². The van der Waals surface area contributed by atoms with E-state index in [1.54, 1.807) is 29.2 Å². The highest BCUT2D eigenvalue weighted by Gasteiger charge is 2.27. The third-order valence-corrected chi connectivity index (χ3v) is 4.79. The largest absolute Gasteiger partial charge is 0.483 e. The number of hydrogen-bond donors (Lipinski definition) is 1. The Hall–Kier alpha value is -2.13. The number of nitrogens with two attached hydrogens (primary N) is 1. The molecule has 0 bridgehead atoms. The molecule has 0 saturated carbocycles. The molecule has 1 heterocycles. The quantitative estimate of drug-likeness (QED) is 0.759. The van der Waals surface area contributed by atoms with Gasteiger partial charge in [0.1, 0.15) is 5.75 Å². The SMILES string of the molecule is CS(=O)(=O)N1CCN(C(=O)c2ccccc2OCC(N)=O)CC1. The zero-order valence-electron chi connectivity index (χ0n) is 12.8. The number of nitrogens with zero attached hydrogens (tertiary/aromatic N) is 2. The summed E-state index contributed by atoms with van der Waals surface area (Å²) in [5.74, 6) is -0.617. The van der Waals surface area contributed by atoms with E-state index in [1.807, 2.05) is 0 Å². The van der Waals surface area contributed by atoms with Crippen molar-refractivity contribution in [1.29, 1.82) is 0 Å². The molecule has 0 spiro atoms. The van der Waals surface area contributed by atoms with Crippen molar-refractivity contribution in [2.45, 2.75) is 0 Å². The van der Waals surface area contributed by atoms with Crippen molar-refractivity contribution in [1.82, 2.24) is 9.21 Å². The summed E-state index contributed by atoms with van der Waals surface area (Å²) in [7, 11) is -3.25. The minimum Gasteiger partial charge on any atom is -0.483 e. The van der Waals surface area contributed by atoms with Crippen LogP contribution in [-0.4, -0.2) is 68.5 Å². The molecule has 0 atom stereocenters. The second-order valence-corrected chi connectivity index (χ2v) is 7.19. The highest BCUT2D eigenvalue weighted by atomic mass is 32.2. The third-order valence-electron chi connectivity index (χ3n) is 3.48. The van der Waals surface area contributed by atoms with E-state index >= 15 is 0 Å². The van der Waals surface area contributed by atoms with Crippen LogP contribution in [0.2, 0.25) is 0 Å². The maximum Gasteiger partial charge on any atom is 0.257 e. The number of amides is 2. The average Bonchev–Trinajstić information content (AvgIpc) is 2.52. The Morgan fingerprint density at radius 1 is 1.17 bits per heavy atom. The zero-order chi connectivity index (χ0) is 17.0. The summed E-state index contributed by atoms with van der Waals surface area (Å²) < 4.78 is 29.6. The number of ether oxygens (including phenoxy) is 1. The van der Waals surface area contributed by atoms with Crippen LogP contribution < -0.4 is 10.5 Å². The van der Waals surface area contributed by atoms with Gasteiger partial charge in [-0.15, -0.1) is 0 Å². The molecule has 23 heavy (non-hydrogen) atoms. The second-order valence-electron chi connectivity index (χ2n) is 5.21. The molecule has 1 saturated heterocycles. The fourth-order valence-corrected chi connectivity index (χ4v) is 3.14. The molecular weight excluding hydrogens is 322 g/mol. The monoisotopic (exact) mass is 341 g/mol. The minimum absolute atomic E-state index is 0.259. The van der Waals surface area contributed by atoms with Crippen LogP contribution in [0.3, 0.4) is 0 Å². The van der Waals surface area contributed by atoms with Crippen molar-refractivity contribution in [3.8, 4) is 5.75 Å². The summed E-state index contributed by atoms with van der Waals surface area (Å²) in [6.45, 7) is 0.808. The van der Waals surface area contributed by atoms with Crippen LogP contribution in [0.1, 0.15) is 10.4 Å². The Morgan fingerprint density at radius 2 is 1.78 bits per heavy atom. The summed E-state index contributed by atoms with van der Waals surface area (Å²) in [5, 5.41) is 0. The van der Waals surface area contributed by atoms with Crippen LogP contribution in [0.5, 0.6) is 5.75 Å². The lowest BCUT2D eigenvalue weighted by molar-refractivity contribution is -0.119. The van der Waals surface area contributed by atoms with Gasteiger partial charge in [-0.05, 0) is 12.1 Å². The van der Waals surface area contributed by atoms with Crippen molar-refractivity contribution in [3.05, 3.63) is 29.8 Å². The van der Waals surface area contributed by atoms with Crippen molar-refractivity contribution >= 4 is 21.8 Å². The van der Waals surface area contributed by atoms with Gasteiger partial charge in [-0.2, -0.15) is 4.31 Å². The number of carbonyl (C=O) groups excluding carboxylic acids is 2. The summed E-state index contributed by atoms with van der Waals surface area (Å²) in [5.41, 5.74) is 5.36. The molecule has 126 valence electrons. The van der Waals surface area contributed by atoms with Gasteiger partial charge in [-0.1, -0.05) is 12.1 Å². The number of sulfonamides is 1. The highest BCUT2D eigenvalue weighted by molar-refractivity contribution is 7.88. The Kier molecular flexibility index (Phi) is 5.22. The van der Waals surface area contributed by atoms with Crippen LogP contribution in [0.4, 0.5) is 0 Å². The lowest BCUT2D eigenvalue weighted by Gasteiger charge is -2.33. The van der Waals surface area contributed by atoms with Crippen LogP contribution >= 0.6 is 0 Å². The van der Waals surface area contributed by atoms with Gasteiger partial charge in [0.15, 0.2) is 6.61 Å². The van der Waals surface area contributed by atoms with Gasteiger partial charge in [0.2, 0.25) is 10.0 Å². The summed E-state index contributed by atoms with van der Waals surface area (Å²) in [6.07, 6.45) is 1.15. The predicted molar refractivity (Wildman–Crippen MR) is 83.5 cm³/mol. The normalized spacial score (nSPS) is 16.1. The standard InChI is InChI=1S/C14H19N3O5S/c1-23(20,21)17-8-6-16(7-9-17)14(19)11-4-2-3-5-12(11)22-10-13(15)18/h2-5H,6-10H2,1H3,(H2,15,18). The molecule has 1 aromatic carbocycles. The van der Waals surface area contributed by atoms with E-state index in [0.717, 1.165) is 6.26 Å². The Morgan fingerprint density at radius 3 is 2.35 bits per heavy atom. The number of carbonyl (C=O) groups is 2. The molecule has 2 rings (SSSR count). The van der Waals surface area contributed by atoms with Gasteiger partial charge in [0.25, 0.3) is 11.8 Å². The van der Waals surface area contributed by atoms with Crippen LogP contribution in [-0.2, 0) is 14.8 Å². The molecule has 1 fully saturated rings. The highest BCUT2D eigenvalue weighted by Crippen LogP contribution is 2.21. The first-order valence-electron chi connectivity index (χ1n) is 7.03. The predicted octanol–water partition coefficient (Wildman–Crippen LogP) is -0.732. The molecular formula is C14H19N3O5S. The Balaban J connectivity index is 2.08. The number of para-hydroxylation sites is 1. The topological polar surface area (TPSA) is 110 Å². The number of rotatable bonds is 5. The summed E-state index contributed by atoms with van der Waals surface area (Å²) in [6, 6.07) is 6.57. The first-order chi connectivity index (χ1) is 10.8. The molecule has 2 N–H and O–H groups in total. The third kappa shape index (κ3) is 4.42. The van der Waals surface area contributed by atoms with Crippen molar-refractivity contribution in [2.24, 2.45) is 5.73 Å². The van der Waals surface area contributed by atoms with Gasteiger partial charge in [-0.3, -0.25) is 9.59 Å². The molecule has 8 nitrogen and oxygen atoms in total. The maximum atomic E-state index is 12.6. The van der Waals surface area contributed by atoms with E-state index in [2.05, 4.69) is 0 Å². The number of benzene rings is 1. The lowest BCUT2D eigenvalue weighted by atomic mass is 10.1. The summed E-state index contributed by atoms with van der Waals surface area (Å²) >= 11 is 0. The second kappa shape index (κ2) is 6.97. The van der Waals surface area contributed by atoms with E-state index < -0.39 is 15.9 Å². The average molecular weight is 341 g/mol. The summed E-state index contributed by atoms with van der Waals surface area (Å²) in [4.78, 5) is 25.0. The first-order valence-corrected chi connectivity index (χ1v) is 8.88. The molecule has 0 unspecified atom stereocenters. The van der Waals surface area contributed by atoms with Gasteiger partial charge in [-0.25, -0.2) is 8.42 Å². The van der Waals surface area contributed by atoms with Crippen molar-refractivity contribution < 1.29 is 22.7 Å². The number of primary amides is 1. The van der Waals surface area contributed by atoms with Gasteiger partial charge < -0.3 is 15.4 Å². The van der Waals surface area contributed by atoms with Crippen molar-refractivity contribution in [2.75, 3.05) is 39.0 Å². The van der Waals surface area contributed by atoms with Crippen LogP contribution in [0, 0.1) is 0 Å². The molecule has 9 heteroatoms. The first kappa shape index (κ1) is 17.2. The van der Waals surface area contributed by atoms with Crippen LogP contribution in [0.15, 0.2) is 24.3 Å². The molecule has 0 aliphatic carbocycles. The Bertz CT molecular complexity index is 696. The van der Waals surface area contributed by atoms with Gasteiger partial charge in [0, 0.05) is 26.2 Å². The van der Waals surface area contributed by atoms with Crippen molar-refractivity contribution in [3.63, 3.8) is 0 Å². The maximum absolute atomic E-state index is 12.6. The van der Waals surface area contributed by atoms with E-state index in [9.17, 15) is 18.0 Å². The van der Waals surface area contributed by atoms with Crippen LogP contribution in [0.25, 0.3) is 0 Å². The van der Waals surface area contributed by atoms with E-state index in [-0.39, 0.29) is 31.4 Å². The molecule has 2 amide bonds. The van der Waals surface area contributed by atoms with E-state index in [0.29, 0.717) is 18.7 Å². The fourth-order valence-electron chi connectivity index (χ4n) is 2.31. The smallest absolute Gasteiger partial charge is 0.257 e. The number of hydrogen-bond acceptors (Lipinski definition) is 5. The minimum atomic E-state index is -3.25. The molecule has 1 aromatic rings. The van der Waals surface area contributed by atoms with E-state index in [4.69, 9.17) is 10.5 Å². The van der Waals surface area contributed by atoms with Gasteiger partial charge in [0.05, 0.1) is 11.8 Å². The van der Waals surface area contributed by atoms with Gasteiger partial charge >= 0.3 is 0 Å². The molecule has 1 aliphatic rings.